The first kappa shape index (κ1) is 21.0. The van der Waals surface area contributed by atoms with E-state index >= 15 is 0 Å². The quantitative estimate of drug-likeness (QED) is 0.543. The van der Waals surface area contributed by atoms with Gasteiger partial charge in [-0.15, -0.1) is 0 Å². The van der Waals surface area contributed by atoms with Crippen LogP contribution in [-0.2, 0) is 9.53 Å². The highest BCUT2D eigenvalue weighted by molar-refractivity contribution is 6.04. The van der Waals surface area contributed by atoms with Crippen LogP contribution in [0.5, 0.6) is 5.75 Å². The Morgan fingerprint density at radius 3 is 2.00 bits per heavy atom. The zero-order valence-corrected chi connectivity index (χ0v) is 16.2. The summed E-state index contributed by atoms with van der Waals surface area (Å²) >= 11 is 0. The monoisotopic (exact) mass is 384 g/mol. The van der Waals surface area contributed by atoms with Gasteiger partial charge in [0.2, 0.25) is 5.91 Å². The molecule has 0 atom stereocenters. The first-order valence-electron chi connectivity index (χ1n) is 9.03. The molecular formula is C21H24N2O5. The fourth-order valence-electron chi connectivity index (χ4n) is 2.34. The van der Waals surface area contributed by atoms with Gasteiger partial charge in [0.05, 0.1) is 6.61 Å². The second-order valence-electron chi connectivity index (χ2n) is 6.49. The standard InChI is InChI=1S/C21H24N2O5/c1-4-27-21(26)28-18-11-5-15(6-12-18)20(25)23-17-9-7-16(8-10-17)22-19(24)13-14(2)3/h5-12,14H,4,13H2,1-3H3,(H,22,24)(H,23,25). The van der Waals surface area contributed by atoms with Crippen molar-refractivity contribution in [2.45, 2.75) is 27.2 Å². The van der Waals surface area contributed by atoms with Crippen molar-refractivity contribution >= 4 is 29.3 Å². The number of amides is 2. The SMILES string of the molecule is CCOC(=O)Oc1ccc(C(=O)Nc2ccc(NC(=O)CC(C)C)cc2)cc1. The average molecular weight is 384 g/mol. The molecule has 7 nitrogen and oxygen atoms in total. The third-order valence-corrected chi connectivity index (χ3v) is 3.60. The molecule has 0 radical (unpaired) electrons. The minimum atomic E-state index is -0.791. The van der Waals surface area contributed by atoms with Crippen LogP contribution in [0.25, 0.3) is 0 Å². The predicted molar refractivity (Wildman–Crippen MR) is 107 cm³/mol. The van der Waals surface area contributed by atoms with Gasteiger partial charge in [0.25, 0.3) is 5.91 Å². The molecule has 0 bridgehead atoms. The summed E-state index contributed by atoms with van der Waals surface area (Å²) in [5.74, 6) is 0.223. The van der Waals surface area contributed by atoms with E-state index in [2.05, 4.69) is 15.4 Å². The minimum absolute atomic E-state index is 0.0445. The lowest BCUT2D eigenvalue weighted by Gasteiger charge is -2.09. The summed E-state index contributed by atoms with van der Waals surface area (Å²) in [6.07, 6.45) is -0.339. The summed E-state index contributed by atoms with van der Waals surface area (Å²) in [7, 11) is 0. The van der Waals surface area contributed by atoms with Gasteiger partial charge in [0.1, 0.15) is 5.75 Å². The number of rotatable bonds is 7. The number of hydrogen-bond acceptors (Lipinski definition) is 5. The van der Waals surface area contributed by atoms with E-state index in [1.165, 1.54) is 12.1 Å². The maximum absolute atomic E-state index is 12.3. The van der Waals surface area contributed by atoms with Crippen LogP contribution in [-0.4, -0.2) is 24.6 Å². The Balaban J connectivity index is 1.91. The molecule has 0 saturated heterocycles. The molecule has 148 valence electrons. The first-order valence-corrected chi connectivity index (χ1v) is 9.03. The van der Waals surface area contributed by atoms with Gasteiger partial charge in [-0.05, 0) is 61.4 Å². The Kier molecular flexibility index (Phi) is 7.56. The molecule has 0 heterocycles. The summed E-state index contributed by atoms with van der Waals surface area (Å²) in [6.45, 7) is 5.86. The molecule has 28 heavy (non-hydrogen) atoms. The molecule has 2 N–H and O–H groups in total. The smallest absolute Gasteiger partial charge is 0.434 e. The number of benzene rings is 2. The molecule has 0 unspecified atom stereocenters. The van der Waals surface area contributed by atoms with Gasteiger partial charge >= 0.3 is 6.16 Å². The molecule has 0 fully saturated rings. The highest BCUT2D eigenvalue weighted by atomic mass is 16.7. The fourth-order valence-corrected chi connectivity index (χ4v) is 2.34. The average Bonchev–Trinajstić information content (AvgIpc) is 2.63. The second kappa shape index (κ2) is 10.1. The maximum atomic E-state index is 12.3. The molecule has 2 rings (SSSR count). The largest absolute Gasteiger partial charge is 0.513 e. The fraction of sp³-hybridized carbons (Fsp3) is 0.286. The predicted octanol–water partition coefficient (Wildman–Crippen LogP) is 4.46. The zero-order valence-electron chi connectivity index (χ0n) is 16.2. The highest BCUT2D eigenvalue weighted by Gasteiger charge is 2.09. The van der Waals surface area contributed by atoms with Crippen molar-refractivity contribution in [2.75, 3.05) is 17.2 Å². The summed E-state index contributed by atoms with van der Waals surface area (Å²) in [5, 5.41) is 5.58. The summed E-state index contributed by atoms with van der Waals surface area (Å²) in [6, 6.07) is 13.0. The number of hydrogen-bond donors (Lipinski definition) is 2. The van der Waals surface area contributed by atoms with Crippen LogP contribution in [0.4, 0.5) is 16.2 Å². The molecule has 0 aliphatic heterocycles. The third kappa shape index (κ3) is 6.75. The molecule has 0 spiro atoms. The van der Waals surface area contributed by atoms with Crippen molar-refractivity contribution in [1.29, 1.82) is 0 Å². The Hall–Kier alpha value is -3.35. The van der Waals surface area contributed by atoms with Crippen LogP contribution >= 0.6 is 0 Å². The van der Waals surface area contributed by atoms with Crippen molar-refractivity contribution in [2.24, 2.45) is 5.92 Å². The lowest BCUT2D eigenvalue weighted by Crippen LogP contribution is -2.14. The van der Waals surface area contributed by atoms with Crippen molar-refractivity contribution in [1.82, 2.24) is 0 Å². The van der Waals surface area contributed by atoms with E-state index in [9.17, 15) is 14.4 Å². The van der Waals surface area contributed by atoms with Gasteiger partial charge < -0.3 is 20.1 Å². The van der Waals surface area contributed by atoms with Crippen LogP contribution in [0.3, 0.4) is 0 Å². The Morgan fingerprint density at radius 1 is 0.893 bits per heavy atom. The van der Waals surface area contributed by atoms with Crippen LogP contribution in [0.15, 0.2) is 48.5 Å². The number of anilines is 2. The van der Waals surface area contributed by atoms with Crippen LogP contribution in [0, 0.1) is 5.92 Å². The lowest BCUT2D eigenvalue weighted by atomic mass is 10.1. The van der Waals surface area contributed by atoms with E-state index in [0.29, 0.717) is 23.4 Å². The van der Waals surface area contributed by atoms with Crippen LogP contribution in [0.2, 0.25) is 0 Å². The summed E-state index contributed by atoms with van der Waals surface area (Å²) in [5.41, 5.74) is 1.67. The van der Waals surface area contributed by atoms with E-state index < -0.39 is 6.16 Å². The van der Waals surface area contributed by atoms with E-state index in [4.69, 9.17) is 4.74 Å². The van der Waals surface area contributed by atoms with Crippen molar-refractivity contribution in [3.8, 4) is 5.75 Å². The number of ether oxygens (including phenoxy) is 2. The molecule has 0 aromatic heterocycles. The van der Waals surface area contributed by atoms with Gasteiger partial charge in [0, 0.05) is 23.4 Å². The lowest BCUT2D eigenvalue weighted by molar-refractivity contribution is -0.116. The molecule has 7 heteroatoms. The van der Waals surface area contributed by atoms with Crippen LogP contribution < -0.4 is 15.4 Å². The summed E-state index contributed by atoms with van der Waals surface area (Å²) < 4.78 is 9.64. The topological polar surface area (TPSA) is 93.7 Å². The van der Waals surface area contributed by atoms with Crippen molar-refractivity contribution < 1.29 is 23.9 Å². The van der Waals surface area contributed by atoms with E-state index in [-0.39, 0.29) is 30.1 Å². The number of carbonyl (C=O) groups excluding carboxylic acids is 3. The van der Waals surface area contributed by atoms with E-state index in [0.717, 1.165) is 0 Å². The van der Waals surface area contributed by atoms with Gasteiger partial charge in [-0.3, -0.25) is 9.59 Å². The number of nitrogens with one attached hydrogen (secondary N) is 2. The summed E-state index contributed by atoms with van der Waals surface area (Å²) in [4.78, 5) is 35.4. The Morgan fingerprint density at radius 2 is 1.46 bits per heavy atom. The first-order chi connectivity index (χ1) is 13.4. The molecular weight excluding hydrogens is 360 g/mol. The van der Waals surface area contributed by atoms with E-state index in [1.54, 1.807) is 43.3 Å². The van der Waals surface area contributed by atoms with Crippen molar-refractivity contribution in [3.05, 3.63) is 54.1 Å². The Bertz CT molecular complexity index is 814. The molecule has 2 aromatic carbocycles. The number of carbonyl (C=O) groups is 3. The molecule has 2 aromatic rings. The van der Waals surface area contributed by atoms with Gasteiger partial charge in [-0.25, -0.2) is 4.79 Å². The maximum Gasteiger partial charge on any atom is 0.513 e. The zero-order chi connectivity index (χ0) is 20.5. The van der Waals surface area contributed by atoms with Gasteiger partial charge in [0.15, 0.2) is 0 Å². The van der Waals surface area contributed by atoms with E-state index in [1.807, 2.05) is 13.8 Å². The third-order valence-electron chi connectivity index (χ3n) is 3.60. The highest BCUT2D eigenvalue weighted by Crippen LogP contribution is 2.17. The van der Waals surface area contributed by atoms with Crippen molar-refractivity contribution in [3.63, 3.8) is 0 Å². The minimum Gasteiger partial charge on any atom is -0.434 e. The normalized spacial score (nSPS) is 10.3. The molecule has 0 saturated carbocycles. The molecule has 0 aliphatic rings. The van der Waals surface area contributed by atoms with Crippen LogP contribution in [0.1, 0.15) is 37.6 Å². The molecule has 2 amide bonds. The molecule has 0 aliphatic carbocycles. The van der Waals surface area contributed by atoms with Gasteiger partial charge in [-0.2, -0.15) is 0 Å². The Labute approximate surface area is 164 Å². The second-order valence-corrected chi connectivity index (χ2v) is 6.49. The van der Waals surface area contributed by atoms with Gasteiger partial charge in [-0.1, -0.05) is 13.8 Å².